The number of thiol groups is 1. The van der Waals surface area contributed by atoms with Gasteiger partial charge in [-0.05, 0) is 30.7 Å². The number of hydrogen-bond acceptors (Lipinski definition) is 3. The zero-order chi connectivity index (χ0) is 8.27. The molecule has 0 amide bonds. The van der Waals surface area contributed by atoms with Gasteiger partial charge in [0.25, 0.3) is 0 Å². The van der Waals surface area contributed by atoms with E-state index in [2.05, 4.69) is 43.3 Å². The topological polar surface area (TPSA) is 0 Å². The van der Waals surface area contributed by atoms with E-state index in [4.69, 9.17) is 0 Å². The molecular formula is C8H10S3. The summed E-state index contributed by atoms with van der Waals surface area (Å²) in [5.74, 6) is 0. The summed E-state index contributed by atoms with van der Waals surface area (Å²) in [7, 11) is 0. The van der Waals surface area contributed by atoms with E-state index in [1.54, 1.807) is 23.5 Å². The lowest BCUT2D eigenvalue weighted by Crippen LogP contribution is -1.74. The van der Waals surface area contributed by atoms with Crippen molar-refractivity contribution in [2.75, 3.05) is 12.5 Å². The molecule has 1 aromatic rings. The minimum absolute atomic E-state index is 1.04. The predicted molar refractivity (Wildman–Crippen MR) is 57.3 cm³/mol. The van der Waals surface area contributed by atoms with Gasteiger partial charge in [0.15, 0.2) is 0 Å². The summed E-state index contributed by atoms with van der Waals surface area (Å²) in [5.41, 5.74) is 0. The van der Waals surface area contributed by atoms with Crippen LogP contribution in [0.4, 0.5) is 0 Å². The van der Waals surface area contributed by atoms with Crippen molar-refractivity contribution in [2.24, 2.45) is 0 Å². The number of benzene rings is 1. The first-order valence-corrected chi connectivity index (χ1v) is 6.08. The Balaban J connectivity index is 3.02. The van der Waals surface area contributed by atoms with Crippen molar-refractivity contribution in [3.63, 3.8) is 0 Å². The van der Waals surface area contributed by atoms with Crippen LogP contribution in [0.5, 0.6) is 0 Å². The summed E-state index contributed by atoms with van der Waals surface area (Å²) in [6.45, 7) is 0. The minimum atomic E-state index is 1.04. The van der Waals surface area contributed by atoms with E-state index >= 15 is 0 Å². The van der Waals surface area contributed by atoms with Crippen molar-refractivity contribution in [2.45, 2.75) is 14.7 Å². The molecule has 0 radical (unpaired) electrons. The van der Waals surface area contributed by atoms with Crippen LogP contribution < -0.4 is 0 Å². The fourth-order valence-corrected chi connectivity index (χ4v) is 2.30. The third-order valence-electron chi connectivity index (χ3n) is 1.34. The Labute approximate surface area is 81.6 Å². The molecule has 1 aromatic carbocycles. The van der Waals surface area contributed by atoms with Crippen LogP contribution in [0.2, 0.25) is 0 Å². The molecule has 0 aliphatic carbocycles. The second-order valence-electron chi connectivity index (χ2n) is 2.07. The summed E-state index contributed by atoms with van der Waals surface area (Å²) >= 11 is 7.81. The molecule has 3 heteroatoms. The molecule has 1 rings (SSSR count). The molecule has 0 aliphatic heterocycles. The Morgan fingerprint density at radius 2 is 1.45 bits per heavy atom. The van der Waals surface area contributed by atoms with Crippen LogP contribution >= 0.6 is 36.2 Å². The van der Waals surface area contributed by atoms with Crippen LogP contribution in [0.3, 0.4) is 0 Å². The van der Waals surface area contributed by atoms with E-state index in [0.29, 0.717) is 0 Å². The zero-order valence-corrected chi connectivity index (χ0v) is 9.02. The maximum Gasteiger partial charge on any atom is 0.00913 e. The number of hydrogen-bond donors (Lipinski definition) is 1. The molecular weight excluding hydrogens is 192 g/mol. The fourth-order valence-electron chi connectivity index (χ4n) is 0.792. The van der Waals surface area contributed by atoms with Crippen molar-refractivity contribution in [3.8, 4) is 0 Å². The summed E-state index contributed by atoms with van der Waals surface area (Å²) in [4.78, 5) is 3.60. The second kappa shape index (κ2) is 4.33. The molecule has 0 nitrogen and oxygen atoms in total. The van der Waals surface area contributed by atoms with Crippen molar-refractivity contribution in [3.05, 3.63) is 18.2 Å². The standard InChI is InChI=1S/C8H10S3/c1-10-7-3-6(9)4-8(5-7)11-2/h3-5,9H,1-2H3. The summed E-state index contributed by atoms with van der Waals surface area (Å²) < 4.78 is 0. The highest BCUT2D eigenvalue weighted by atomic mass is 32.2. The van der Waals surface area contributed by atoms with E-state index in [1.807, 2.05) is 0 Å². The first-order valence-electron chi connectivity index (χ1n) is 3.18. The van der Waals surface area contributed by atoms with Gasteiger partial charge in [-0.1, -0.05) is 0 Å². The fraction of sp³-hybridized carbons (Fsp3) is 0.250. The number of rotatable bonds is 2. The van der Waals surface area contributed by atoms with Gasteiger partial charge in [0, 0.05) is 14.7 Å². The van der Waals surface area contributed by atoms with Crippen LogP contribution in [0.1, 0.15) is 0 Å². The van der Waals surface area contributed by atoms with E-state index < -0.39 is 0 Å². The molecule has 11 heavy (non-hydrogen) atoms. The summed E-state index contributed by atoms with van der Waals surface area (Å²) in [5, 5.41) is 0. The lowest BCUT2D eigenvalue weighted by atomic mass is 10.4. The van der Waals surface area contributed by atoms with E-state index in [-0.39, 0.29) is 0 Å². The Morgan fingerprint density at radius 3 is 1.82 bits per heavy atom. The van der Waals surface area contributed by atoms with Gasteiger partial charge in [-0.3, -0.25) is 0 Å². The van der Waals surface area contributed by atoms with Crippen molar-refractivity contribution in [1.29, 1.82) is 0 Å². The van der Waals surface area contributed by atoms with Crippen LogP contribution in [0, 0.1) is 0 Å². The molecule has 0 spiro atoms. The maximum atomic E-state index is 4.31. The molecule has 0 atom stereocenters. The van der Waals surface area contributed by atoms with Gasteiger partial charge in [-0.15, -0.1) is 36.2 Å². The van der Waals surface area contributed by atoms with Crippen LogP contribution in [-0.2, 0) is 0 Å². The SMILES string of the molecule is CSc1cc(S)cc(SC)c1. The van der Waals surface area contributed by atoms with Crippen molar-refractivity contribution >= 4 is 36.2 Å². The molecule has 60 valence electrons. The van der Waals surface area contributed by atoms with Gasteiger partial charge < -0.3 is 0 Å². The highest BCUT2D eigenvalue weighted by molar-refractivity contribution is 7.99. The summed E-state index contributed by atoms with van der Waals surface area (Å²) in [6, 6.07) is 6.33. The second-order valence-corrected chi connectivity index (χ2v) is 4.35. The van der Waals surface area contributed by atoms with E-state index in [1.165, 1.54) is 9.79 Å². The van der Waals surface area contributed by atoms with Crippen molar-refractivity contribution < 1.29 is 0 Å². The quantitative estimate of drug-likeness (QED) is 0.576. The Bertz CT molecular complexity index is 223. The number of thioether (sulfide) groups is 2. The smallest absolute Gasteiger partial charge is 0.00913 e. The van der Waals surface area contributed by atoms with Gasteiger partial charge in [-0.25, -0.2) is 0 Å². The monoisotopic (exact) mass is 202 g/mol. The highest BCUT2D eigenvalue weighted by Gasteiger charge is 1.95. The lowest BCUT2D eigenvalue weighted by Gasteiger charge is -2.01. The Kier molecular flexibility index (Phi) is 3.69. The molecule has 0 unspecified atom stereocenters. The Hall–Kier alpha value is 0.270. The average molecular weight is 202 g/mol. The molecule has 0 aromatic heterocycles. The van der Waals surface area contributed by atoms with E-state index in [0.717, 1.165) is 4.90 Å². The van der Waals surface area contributed by atoms with Gasteiger partial charge in [0.1, 0.15) is 0 Å². The molecule has 0 aliphatic rings. The van der Waals surface area contributed by atoms with Gasteiger partial charge in [-0.2, -0.15) is 0 Å². The average Bonchev–Trinajstić information content (AvgIpc) is 2.03. The third-order valence-corrected chi connectivity index (χ3v) is 3.01. The lowest BCUT2D eigenvalue weighted by molar-refractivity contribution is 1.24. The first-order chi connectivity index (χ1) is 5.26. The van der Waals surface area contributed by atoms with Gasteiger partial charge in [0.2, 0.25) is 0 Å². The minimum Gasteiger partial charge on any atom is -0.143 e. The third kappa shape index (κ3) is 2.65. The van der Waals surface area contributed by atoms with Crippen molar-refractivity contribution in [1.82, 2.24) is 0 Å². The normalized spacial score (nSPS) is 10.1. The highest BCUT2D eigenvalue weighted by Crippen LogP contribution is 2.25. The molecule has 0 heterocycles. The van der Waals surface area contributed by atoms with Crippen LogP contribution in [0.15, 0.2) is 32.9 Å². The zero-order valence-electron chi connectivity index (χ0n) is 6.50. The largest absolute Gasteiger partial charge is 0.143 e. The van der Waals surface area contributed by atoms with Gasteiger partial charge in [0.05, 0.1) is 0 Å². The molecule has 0 saturated heterocycles. The Morgan fingerprint density at radius 1 is 1.00 bits per heavy atom. The molecule has 0 saturated carbocycles. The first kappa shape index (κ1) is 9.36. The molecule has 0 bridgehead atoms. The molecule has 0 N–H and O–H groups in total. The van der Waals surface area contributed by atoms with Crippen LogP contribution in [-0.4, -0.2) is 12.5 Å². The van der Waals surface area contributed by atoms with Gasteiger partial charge >= 0.3 is 0 Å². The van der Waals surface area contributed by atoms with Crippen LogP contribution in [0.25, 0.3) is 0 Å². The summed E-state index contributed by atoms with van der Waals surface area (Å²) in [6.07, 6.45) is 4.15. The predicted octanol–water partition coefficient (Wildman–Crippen LogP) is 3.42. The van der Waals surface area contributed by atoms with E-state index in [9.17, 15) is 0 Å². The molecule has 0 fully saturated rings. The maximum absolute atomic E-state index is 4.31.